The van der Waals surface area contributed by atoms with Gasteiger partial charge in [0.25, 0.3) is 5.91 Å². The molecule has 0 spiro atoms. The predicted molar refractivity (Wildman–Crippen MR) is 106 cm³/mol. The van der Waals surface area contributed by atoms with Crippen LogP contribution in [0.2, 0.25) is 5.02 Å². The molecule has 0 unspecified atom stereocenters. The average molecular weight is 389 g/mol. The lowest BCUT2D eigenvalue weighted by atomic mass is 10.2. The zero-order chi connectivity index (χ0) is 19.1. The summed E-state index contributed by atoms with van der Waals surface area (Å²) < 4.78 is 11.2. The Morgan fingerprint density at radius 2 is 1.85 bits per heavy atom. The third kappa shape index (κ3) is 5.52. The van der Waals surface area contributed by atoms with E-state index in [-0.39, 0.29) is 11.9 Å². The molecule has 2 aromatic rings. The summed E-state index contributed by atoms with van der Waals surface area (Å²) in [4.78, 5) is 16.2. The van der Waals surface area contributed by atoms with Gasteiger partial charge in [0, 0.05) is 35.3 Å². The van der Waals surface area contributed by atoms with E-state index in [4.69, 9.17) is 26.8 Å². The minimum atomic E-state index is -0.184. The summed E-state index contributed by atoms with van der Waals surface area (Å²) in [6.45, 7) is 1.98. The zero-order valence-electron chi connectivity index (χ0n) is 14.7. The molecule has 4 N–H and O–H groups in total. The zero-order valence-corrected chi connectivity index (χ0v) is 15.5. The summed E-state index contributed by atoms with van der Waals surface area (Å²) in [5.41, 5.74) is 7.20. The highest BCUT2D eigenvalue weighted by molar-refractivity contribution is 6.30. The number of guanidine groups is 1. The number of ether oxygens (including phenoxy) is 2. The second-order valence-corrected chi connectivity index (χ2v) is 6.30. The molecule has 2 aromatic carbocycles. The van der Waals surface area contributed by atoms with E-state index in [9.17, 15) is 4.79 Å². The Morgan fingerprint density at radius 3 is 2.63 bits per heavy atom. The highest BCUT2D eigenvalue weighted by Gasteiger charge is 2.11. The molecule has 0 saturated heterocycles. The normalized spacial score (nSPS) is 13.6. The highest BCUT2D eigenvalue weighted by Crippen LogP contribution is 2.32. The number of amides is 1. The highest BCUT2D eigenvalue weighted by atomic mass is 35.5. The third-order valence-electron chi connectivity index (χ3n) is 3.81. The van der Waals surface area contributed by atoms with E-state index in [0.29, 0.717) is 42.6 Å². The lowest BCUT2D eigenvalue weighted by molar-refractivity contribution is 0.0955. The number of rotatable bonds is 5. The number of carbonyl (C=O) groups excluding carboxylic acids is 1. The van der Waals surface area contributed by atoms with Crippen LogP contribution in [0.1, 0.15) is 16.8 Å². The second-order valence-electron chi connectivity index (χ2n) is 5.87. The third-order valence-corrected chi connectivity index (χ3v) is 4.06. The minimum Gasteiger partial charge on any atom is -0.490 e. The van der Waals surface area contributed by atoms with Crippen LogP contribution < -0.4 is 25.8 Å². The molecular formula is C19H21ClN4O3. The van der Waals surface area contributed by atoms with E-state index < -0.39 is 0 Å². The van der Waals surface area contributed by atoms with Crippen molar-refractivity contribution in [2.45, 2.75) is 6.42 Å². The van der Waals surface area contributed by atoms with Crippen molar-refractivity contribution in [3.8, 4) is 11.5 Å². The molecule has 7 nitrogen and oxygen atoms in total. The first-order chi connectivity index (χ1) is 13.1. The van der Waals surface area contributed by atoms with Gasteiger partial charge >= 0.3 is 0 Å². The van der Waals surface area contributed by atoms with Crippen molar-refractivity contribution < 1.29 is 14.3 Å². The van der Waals surface area contributed by atoms with Gasteiger partial charge in [-0.3, -0.25) is 9.79 Å². The fourth-order valence-corrected chi connectivity index (χ4v) is 2.60. The lowest BCUT2D eigenvalue weighted by Gasteiger charge is -2.11. The Kier molecular flexibility index (Phi) is 6.38. The minimum absolute atomic E-state index is 0.184. The number of anilines is 1. The molecule has 0 atom stereocenters. The SMILES string of the molecule is NC(=NCCNC(=O)c1ccc(Cl)cc1)Nc1ccc2c(c1)OCCCO2. The molecule has 0 aromatic heterocycles. The van der Waals surface area contributed by atoms with Crippen LogP contribution in [-0.2, 0) is 0 Å². The summed E-state index contributed by atoms with van der Waals surface area (Å²) >= 11 is 5.81. The number of carbonyl (C=O) groups is 1. The van der Waals surface area contributed by atoms with Crippen molar-refractivity contribution in [1.29, 1.82) is 0 Å². The fraction of sp³-hybridized carbons (Fsp3) is 0.263. The Bertz CT molecular complexity index is 824. The van der Waals surface area contributed by atoms with Crippen molar-refractivity contribution in [3.63, 3.8) is 0 Å². The molecular weight excluding hydrogens is 368 g/mol. The van der Waals surface area contributed by atoms with E-state index >= 15 is 0 Å². The van der Waals surface area contributed by atoms with Crippen molar-refractivity contribution in [3.05, 3.63) is 53.1 Å². The van der Waals surface area contributed by atoms with Crippen molar-refractivity contribution in [2.75, 3.05) is 31.6 Å². The number of aliphatic imine (C=N–C) groups is 1. The molecule has 3 rings (SSSR count). The molecule has 8 heteroatoms. The number of hydrogen-bond acceptors (Lipinski definition) is 4. The number of nitrogens with two attached hydrogens (primary N) is 1. The van der Waals surface area contributed by atoms with Gasteiger partial charge in [-0.15, -0.1) is 0 Å². The van der Waals surface area contributed by atoms with E-state index in [0.717, 1.165) is 17.9 Å². The fourth-order valence-electron chi connectivity index (χ4n) is 2.48. The van der Waals surface area contributed by atoms with Gasteiger partial charge in [-0.2, -0.15) is 0 Å². The Morgan fingerprint density at radius 1 is 1.11 bits per heavy atom. The topological polar surface area (TPSA) is 98.0 Å². The summed E-state index contributed by atoms with van der Waals surface area (Å²) in [5, 5.41) is 6.37. The van der Waals surface area contributed by atoms with Crippen molar-refractivity contribution in [2.24, 2.45) is 10.7 Å². The van der Waals surface area contributed by atoms with Crippen molar-refractivity contribution >= 4 is 29.2 Å². The summed E-state index contributed by atoms with van der Waals surface area (Å²) in [7, 11) is 0. The molecule has 0 saturated carbocycles. The van der Waals surface area contributed by atoms with Crippen molar-refractivity contribution in [1.82, 2.24) is 5.32 Å². The molecule has 0 bridgehead atoms. The summed E-state index contributed by atoms with van der Waals surface area (Å²) in [6.07, 6.45) is 0.850. The van der Waals surface area contributed by atoms with E-state index in [1.165, 1.54) is 0 Å². The second kappa shape index (κ2) is 9.14. The molecule has 0 radical (unpaired) electrons. The van der Waals surface area contributed by atoms with Gasteiger partial charge in [0.1, 0.15) is 0 Å². The Hall–Kier alpha value is -2.93. The molecule has 1 heterocycles. The molecule has 27 heavy (non-hydrogen) atoms. The maximum atomic E-state index is 12.0. The van der Waals surface area contributed by atoms with Crippen LogP contribution in [0.3, 0.4) is 0 Å². The van der Waals surface area contributed by atoms with Gasteiger partial charge < -0.3 is 25.8 Å². The first-order valence-electron chi connectivity index (χ1n) is 8.62. The number of hydrogen-bond donors (Lipinski definition) is 3. The number of benzene rings is 2. The van der Waals surface area contributed by atoms with E-state index in [2.05, 4.69) is 15.6 Å². The number of nitrogens with zero attached hydrogens (tertiary/aromatic N) is 1. The summed E-state index contributed by atoms with van der Waals surface area (Å²) in [5.74, 6) is 1.47. The molecule has 1 aliphatic rings. The molecule has 1 aliphatic heterocycles. The molecule has 142 valence electrons. The van der Waals surface area contributed by atoms with Gasteiger partial charge in [-0.05, 0) is 36.4 Å². The van der Waals surface area contributed by atoms with Gasteiger partial charge in [-0.25, -0.2) is 0 Å². The van der Waals surface area contributed by atoms with Gasteiger partial charge in [0.15, 0.2) is 17.5 Å². The van der Waals surface area contributed by atoms with E-state index in [1.54, 1.807) is 24.3 Å². The average Bonchev–Trinajstić information content (AvgIpc) is 2.90. The smallest absolute Gasteiger partial charge is 0.251 e. The quantitative estimate of drug-likeness (QED) is 0.415. The van der Waals surface area contributed by atoms with Gasteiger partial charge in [0.05, 0.1) is 19.8 Å². The van der Waals surface area contributed by atoms with Gasteiger partial charge in [0.2, 0.25) is 0 Å². The van der Waals surface area contributed by atoms with Crippen LogP contribution in [0.25, 0.3) is 0 Å². The van der Waals surface area contributed by atoms with Crippen LogP contribution in [0.15, 0.2) is 47.5 Å². The van der Waals surface area contributed by atoms with Crippen LogP contribution in [0.5, 0.6) is 11.5 Å². The number of nitrogens with one attached hydrogen (secondary N) is 2. The molecule has 0 fully saturated rings. The predicted octanol–water partition coefficient (Wildman–Crippen LogP) is 2.66. The Balaban J connectivity index is 1.47. The standard InChI is InChI=1S/C19H21ClN4O3/c20-14-4-2-13(3-5-14)18(25)22-8-9-23-19(21)24-15-6-7-16-17(12-15)27-11-1-10-26-16/h2-7,12H,1,8-11H2,(H,22,25)(H3,21,23,24). The van der Waals surface area contributed by atoms with Crippen LogP contribution >= 0.6 is 11.6 Å². The maximum absolute atomic E-state index is 12.0. The monoisotopic (exact) mass is 388 g/mol. The van der Waals surface area contributed by atoms with Crippen LogP contribution in [0, 0.1) is 0 Å². The lowest BCUT2D eigenvalue weighted by Crippen LogP contribution is -2.28. The largest absolute Gasteiger partial charge is 0.490 e. The number of fused-ring (bicyclic) bond motifs is 1. The first kappa shape index (κ1) is 18.8. The summed E-state index contributed by atoms with van der Waals surface area (Å²) in [6, 6.07) is 12.2. The maximum Gasteiger partial charge on any atom is 0.251 e. The van der Waals surface area contributed by atoms with Crippen LogP contribution in [-0.4, -0.2) is 38.2 Å². The Labute approximate surface area is 162 Å². The molecule has 1 amide bonds. The molecule has 0 aliphatic carbocycles. The van der Waals surface area contributed by atoms with E-state index in [1.807, 2.05) is 18.2 Å². The number of halogens is 1. The van der Waals surface area contributed by atoms with Crippen LogP contribution in [0.4, 0.5) is 5.69 Å². The first-order valence-corrected chi connectivity index (χ1v) is 9.00. The van der Waals surface area contributed by atoms with Gasteiger partial charge in [-0.1, -0.05) is 11.6 Å².